The lowest BCUT2D eigenvalue weighted by Gasteiger charge is -2.18. The monoisotopic (exact) mass is 251 g/mol. The Morgan fingerprint density at radius 3 is 2.79 bits per heavy atom. The molecule has 0 spiro atoms. The fraction of sp³-hybridized carbons (Fsp3) is 0.235. The number of rotatable bonds is 2. The number of carbonyl (C=O) groups excluding carboxylic acids is 1. The zero-order valence-corrected chi connectivity index (χ0v) is 10.8. The van der Waals surface area contributed by atoms with E-state index in [2.05, 4.69) is 17.5 Å². The molecule has 2 aromatic rings. The lowest BCUT2D eigenvalue weighted by Crippen LogP contribution is -2.34. The first-order valence-electron chi connectivity index (χ1n) is 6.80. The van der Waals surface area contributed by atoms with Crippen molar-refractivity contribution in [3.8, 4) is 0 Å². The SMILES string of the molecule is O=C(NC1C=CCCC1)c1cccc2ccccc12. The maximum absolute atomic E-state index is 12.4. The second kappa shape index (κ2) is 5.27. The van der Waals surface area contributed by atoms with Crippen molar-refractivity contribution >= 4 is 16.7 Å². The van der Waals surface area contributed by atoms with Gasteiger partial charge in [-0.2, -0.15) is 0 Å². The second-order valence-corrected chi connectivity index (χ2v) is 4.97. The second-order valence-electron chi connectivity index (χ2n) is 4.97. The van der Waals surface area contributed by atoms with Crippen LogP contribution in [0.1, 0.15) is 29.6 Å². The zero-order valence-electron chi connectivity index (χ0n) is 10.8. The van der Waals surface area contributed by atoms with E-state index in [-0.39, 0.29) is 11.9 Å². The minimum absolute atomic E-state index is 0.0216. The molecule has 1 aliphatic rings. The van der Waals surface area contributed by atoms with Gasteiger partial charge in [0.2, 0.25) is 0 Å². The van der Waals surface area contributed by atoms with Crippen molar-refractivity contribution in [2.45, 2.75) is 25.3 Å². The van der Waals surface area contributed by atoms with Gasteiger partial charge in [0.25, 0.3) is 5.91 Å². The number of fused-ring (bicyclic) bond motifs is 1. The lowest BCUT2D eigenvalue weighted by molar-refractivity contribution is 0.0943. The van der Waals surface area contributed by atoms with Crippen LogP contribution >= 0.6 is 0 Å². The van der Waals surface area contributed by atoms with Crippen LogP contribution in [0.2, 0.25) is 0 Å². The normalized spacial score (nSPS) is 18.4. The highest BCUT2D eigenvalue weighted by molar-refractivity contribution is 6.07. The van der Waals surface area contributed by atoms with Crippen molar-refractivity contribution in [1.82, 2.24) is 5.32 Å². The molecule has 0 saturated carbocycles. The van der Waals surface area contributed by atoms with Crippen LogP contribution in [0.25, 0.3) is 10.8 Å². The fourth-order valence-corrected chi connectivity index (χ4v) is 2.60. The average Bonchev–Trinajstić information content (AvgIpc) is 2.47. The third-order valence-corrected chi connectivity index (χ3v) is 3.61. The molecule has 0 fully saturated rings. The predicted octanol–water partition coefficient (Wildman–Crippen LogP) is 3.68. The van der Waals surface area contributed by atoms with Crippen molar-refractivity contribution in [2.24, 2.45) is 0 Å². The van der Waals surface area contributed by atoms with Gasteiger partial charge < -0.3 is 5.32 Å². The molecule has 19 heavy (non-hydrogen) atoms. The molecule has 96 valence electrons. The first kappa shape index (κ1) is 12.0. The van der Waals surface area contributed by atoms with Gasteiger partial charge in [-0.1, -0.05) is 48.6 Å². The van der Waals surface area contributed by atoms with E-state index in [1.165, 1.54) is 0 Å². The number of hydrogen-bond acceptors (Lipinski definition) is 1. The number of hydrogen-bond donors (Lipinski definition) is 1. The summed E-state index contributed by atoms with van der Waals surface area (Å²) in [6, 6.07) is 14.0. The van der Waals surface area contributed by atoms with Gasteiger partial charge in [-0.3, -0.25) is 4.79 Å². The molecular formula is C17H17NO. The van der Waals surface area contributed by atoms with Crippen LogP contribution < -0.4 is 5.32 Å². The molecule has 0 heterocycles. The summed E-state index contributed by atoms with van der Waals surface area (Å²) < 4.78 is 0. The van der Waals surface area contributed by atoms with Gasteiger partial charge in [0, 0.05) is 11.6 Å². The van der Waals surface area contributed by atoms with Crippen molar-refractivity contribution < 1.29 is 4.79 Å². The van der Waals surface area contributed by atoms with E-state index in [0.29, 0.717) is 0 Å². The van der Waals surface area contributed by atoms with Crippen LogP contribution in [0.5, 0.6) is 0 Å². The molecule has 0 bridgehead atoms. The maximum Gasteiger partial charge on any atom is 0.252 e. The topological polar surface area (TPSA) is 29.1 Å². The molecule has 1 atom stereocenters. The Balaban J connectivity index is 1.89. The molecule has 2 aromatic carbocycles. The highest BCUT2D eigenvalue weighted by atomic mass is 16.1. The van der Waals surface area contributed by atoms with E-state index >= 15 is 0 Å². The Kier molecular flexibility index (Phi) is 3.32. The van der Waals surface area contributed by atoms with Gasteiger partial charge in [0.1, 0.15) is 0 Å². The molecular weight excluding hydrogens is 234 g/mol. The van der Waals surface area contributed by atoms with Crippen molar-refractivity contribution in [3.05, 3.63) is 60.2 Å². The Bertz CT molecular complexity index is 625. The van der Waals surface area contributed by atoms with E-state index in [9.17, 15) is 4.79 Å². The molecule has 1 aliphatic carbocycles. The van der Waals surface area contributed by atoms with E-state index in [1.54, 1.807) is 0 Å². The number of allylic oxidation sites excluding steroid dienone is 1. The summed E-state index contributed by atoms with van der Waals surface area (Å²) >= 11 is 0. The number of carbonyl (C=O) groups is 1. The highest BCUT2D eigenvalue weighted by Crippen LogP contribution is 2.19. The molecule has 1 N–H and O–H groups in total. The molecule has 1 unspecified atom stereocenters. The van der Waals surface area contributed by atoms with E-state index in [4.69, 9.17) is 0 Å². The van der Waals surface area contributed by atoms with Crippen LogP contribution in [-0.4, -0.2) is 11.9 Å². The van der Waals surface area contributed by atoms with Crippen LogP contribution in [0.4, 0.5) is 0 Å². The Hall–Kier alpha value is -2.09. The fourth-order valence-electron chi connectivity index (χ4n) is 2.60. The maximum atomic E-state index is 12.4. The van der Waals surface area contributed by atoms with Crippen molar-refractivity contribution in [1.29, 1.82) is 0 Å². The quantitative estimate of drug-likeness (QED) is 0.810. The van der Waals surface area contributed by atoms with Crippen LogP contribution in [-0.2, 0) is 0 Å². The molecule has 1 amide bonds. The van der Waals surface area contributed by atoms with Gasteiger partial charge in [-0.25, -0.2) is 0 Å². The van der Waals surface area contributed by atoms with Gasteiger partial charge >= 0.3 is 0 Å². The Morgan fingerprint density at radius 2 is 1.95 bits per heavy atom. The molecule has 0 radical (unpaired) electrons. The average molecular weight is 251 g/mol. The molecule has 0 saturated heterocycles. The number of nitrogens with one attached hydrogen (secondary N) is 1. The lowest BCUT2D eigenvalue weighted by atomic mass is 10.0. The molecule has 0 aromatic heterocycles. The largest absolute Gasteiger partial charge is 0.346 e. The van der Waals surface area contributed by atoms with Gasteiger partial charge in [-0.05, 0) is 36.1 Å². The van der Waals surface area contributed by atoms with E-state index in [0.717, 1.165) is 35.6 Å². The van der Waals surface area contributed by atoms with Crippen molar-refractivity contribution in [3.63, 3.8) is 0 Å². The molecule has 0 aliphatic heterocycles. The van der Waals surface area contributed by atoms with Gasteiger partial charge in [-0.15, -0.1) is 0 Å². The number of amides is 1. The first-order valence-corrected chi connectivity index (χ1v) is 6.80. The predicted molar refractivity (Wildman–Crippen MR) is 78.2 cm³/mol. The smallest absolute Gasteiger partial charge is 0.252 e. The van der Waals surface area contributed by atoms with Crippen LogP contribution in [0, 0.1) is 0 Å². The first-order chi connectivity index (χ1) is 9.34. The highest BCUT2D eigenvalue weighted by Gasteiger charge is 2.14. The minimum Gasteiger partial charge on any atom is -0.346 e. The Labute approximate surface area is 113 Å². The van der Waals surface area contributed by atoms with E-state index in [1.807, 2.05) is 42.5 Å². The molecule has 2 nitrogen and oxygen atoms in total. The summed E-state index contributed by atoms with van der Waals surface area (Å²) in [6.07, 6.45) is 7.56. The van der Waals surface area contributed by atoms with Crippen LogP contribution in [0.3, 0.4) is 0 Å². The zero-order chi connectivity index (χ0) is 13.1. The molecule has 2 heteroatoms. The van der Waals surface area contributed by atoms with Crippen LogP contribution in [0.15, 0.2) is 54.6 Å². The summed E-state index contributed by atoms with van der Waals surface area (Å²) in [7, 11) is 0. The van der Waals surface area contributed by atoms with Gasteiger partial charge in [0.05, 0.1) is 0 Å². The summed E-state index contributed by atoms with van der Waals surface area (Å²) in [4.78, 5) is 12.4. The summed E-state index contributed by atoms with van der Waals surface area (Å²) in [5, 5.41) is 5.22. The standard InChI is InChI=1S/C17H17NO/c19-17(18-14-9-2-1-3-10-14)16-12-6-8-13-7-4-5-11-15(13)16/h2,4-9,11-12,14H,1,3,10H2,(H,18,19). The third kappa shape index (κ3) is 2.53. The van der Waals surface area contributed by atoms with Crippen molar-refractivity contribution in [2.75, 3.05) is 0 Å². The van der Waals surface area contributed by atoms with E-state index < -0.39 is 0 Å². The summed E-state index contributed by atoms with van der Waals surface area (Å²) in [5.74, 6) is 0.0216. The summed E-state index contributed by atoms with van der Waals surface area (Å²) in [5.41, 5.74) is 0.761. The molecule has 3 rings (SSSR count). The number of benzene rings is 2. The minimum atomic E-state index is 0.0216. The third-order valence-electron chi connectivity index (χ3n) is 3.61. The Morgan fingerprint density at radius 1 is 1.11 bits per heavy atom. The van der Waals surface area contributed by atoms with Gasteiger partial charge in [0.15, 0.2) is 0 Å². The summed E-state index contributed by atoms with van der Waals surface area (Å²) in [6.45, 7) is 0.